The van der Waals surface area contributed by atoms with Crippen LogP contribution in [0.2, 0.25) is 0 Å². The van der Waals surface area contributed by atoms with E-state index in [1.807, 2.05) is 0 Å². The number of rotatable bonds is 1. The Hall–Kier alpha value is -0.380. The minimum atomic E-state index is -1.30. The predicted octanol–water partition coefficient (Wildman–Crippen LogP) is 0.731. The van der Waals surface area contributed by atoms with Crippen molar-refractivity contribution in [2.45, 2.75) is 6.29 Å². The van der Waals surface area contributed by atoms with Crippen LogP contribution in [0.3, 0.4) is 0 Å². The average molecular weight is 130 g/mol. The lowest BCUT2D eigenvalue weighted by Crippen LogP contribution is -1.88. The van der Waals surface area contributed by atoms with Gasteiger partial charge < -0.3 is 10.2 Å². The van der Waals surface area contributed by atoms with Gasteiger partial charge in [0, 0.05) is 0 Å². The third kappa shape index (κ3) is 1.06. The van der Waals surface area contributed by atoms with Crippen molar-refractivity contribution in [3.8, 4) is 0 Å². The molecule has 0 radical (unpaired) electrons. The second-order valence-electron chi connectivity index (χ2n) is 1.39. The molecule has 3 heteroatoms. The summed E-state index contributed by atoms with van der Waals surface area (Å²) in [6, 6.07) is 3.45. The van der Waals surface area contributed by atoms with Gasteiger partial charge in [0.2, 0.25) is 0 Å². The summed E-state index contributed by atoms with van der Waals surface area (Å²) in [5.41, 5.74) is 0. The third-order valence-corrected chi connectivity index (χ3v) is 1.71. The highest BCUT2D eigenvalue weighted by Gasteiger charge is 1.99. The molecule has 0 unspecified atom stereocenters. The van der Waals surface area contributed by atoms with E-state index in [0.29, 0.717) is 4.88 Å². The molecule has 0 saturated carbocycles. The molecule has 0 saturated heterocycles. The van der Waals surface area contributed by atoms with Crippen molar-refractivity contribution < 1.29 is 10.2 Å². The van der Waals surface area contributed by atoms with E-state index < -0.39 is 6.29 Å². The summed E-state index contributed by atoms with van der Waals surface area (Å²) in [4.78, 5) is 0.588. The van der Waals surface area contributed by atoms with Gasteiger partial charge in [-0.05, 0) is 11.4 Å². The minimum Gasteiger partial charge on any atom is -0.364 e. The summed E-state index contributed by atoms with van der Waals surface area (Å²) in [7, 11) is 0. The Morgan fingerprint density at radius 3 is 2.50 bits per heavy atom. The zero-order valence-electron chi connectivity index (χ0n) is 4.11. The molecule has 0 bridgehead atoms. The van der Waals surface area contributed by atoms with Crippen LogP contribution in [0.4, 0.5) is 0 Å². The molecule has 1 aromatic rings. The first kappa shape index (κ1) is 5.75. The van der Waals surface area contributed by atoms with Crippen LogP contribution in [0.25, 0.3) is 0 Å². The second-order valence-corrected chi connectivity index (χ2v) is 2.37. The Kier molecular flexibility index (Phi) is 1.62. The van der Waals surface area contributed by atoms with Crippen molar-refractivity contribution in [1.82, 2.24) is 0 Å². The number of aliphatic hydroxyl groups excluding tert-OH is 1. The van der Waals surface area contributed by atoms with Gasteiger partial charge in [-0.1, -0.05) is 6.07 Å². The number of hydrogen-bond acceptors (Lipinski definition) is 3. The fourth-order valence-corrected chi connectivity index (χ4v) is 1.03. The molecule has 1 heterocycles. The zero-order chi connectivity index (χ0) is 5.98. The molecule has 8 heavy (non-hydrogen) atoms. The van der Waals surface area contributed by atoms with Crippen molar-refractivity contribution in [3.63, 3.8) is 0 Å². The van der Waals surface area contributed by atoms with Gasteiger partial charge in [-0.2, -0.15) is 0 Å². The number of thiophene rings is 1. The van der Waals surface area contributed by atoms with Gasteiger partial charge in [0.25, 0.3) is 0 Å². The van der Waals surface area contributed by atoms with Crippen LogP contribution in [-0.2, 0) is 0 Å². The van der Waals surface area contributed by atoms with Gasteiger partial charge in [0.1, 0.15) is 0 Å². The summed E-state index contributed by atoms with van der Waals surface area (Å²) < 4.78 is 0. The molecule has 0 fully saturated rings. The Morgan fingerprint density at radius 1 is 1.50 bits per heavy atom. The third-order valence-electron chi connectivity index (χ3n) is 0.798. The first-order valence-corrected chi connectivity index (χ1v) is 3.08. The molecule has 0 aliphatic heterocycles. The molecule has 0 amide bonds. The van der Waals surface area contributed by atoms with Crippen molar-refractivity contribution in [2.75, 3.05) is 0 Å². The van der Waals surface area contributed by atoms with Gasteiger partial charge in [0.15, 0.2) is 6.29 Å². The molecule has 2 nitrogen and oxygen atoms in total. The van der Waals surface area contributed by atoms with Crippen LogP contribution in [0.5, 0.6) is 0 Å². The first-order chi connectivity index (χ1) is 3.80. The molecule has 0 aliphatic rings. The van der Waals surface area contributed by atoms with Crippen molar-refractivity contribution >= 4 is 11.3 Å². The maximum absolute atomic E-state index is 8.48. The van der Waals surface area contributed by atoms with Gasteiger partial charge in [-0.25, -0.2) is 0 Å². The zero-order valence-corrected chi connectivity index (χ0v) is 4.93. The maximum Gasteiger partial charge on any atom is 0.187 e. The molecule has 1 aromatic heterocycles. The monoisotopic (exact) mass is 130 g/mol. The fourth-order valence-electron chi connectivity index (χ4n) is 0.438. The van der Waals surface area contributed by atoms with E-state index >= 15 is 0 Å². The van der Waals surface area contributed by atoms with E-state index in [0.717, 1.165) is 0 Å². The summed E-state index contributed by atoms with van der Waals surface area (Å²) in [6.07, 6.45) is -1.30. The Bertz CT molecular complexity index is 145. The van der Waals surface area contributed by atoms with Crippen LogP contribution < -0.4 is 0 Å². The smallest absolute Gasteiger partial charge is 0.187 e. The summed E-state index contributed by atoms with van der Waals surface area (Å²) >= 11 is 1.33. The van der Waals surface area contributed by atoms with E-state index in [9.17, 15) is 0 Å². The number of aliphatic hydroxyl groups is 2. The summed E-state index contributed by atoms with van der Waals surface area (Å²) in [6.45, 7) is 0. The normalized spacial score (nSPS) is 10.4. The van der Waals surface area contributed by atoms with Gasteiger partial charge in [-0.3, -0.25) is 0 Å². The van der Waals surface area contributed by atoms with Crippen molar-refractivity contribution in [3.05, 3.63) is 22.4 Å². The molecular weight excluding hydrogens is 124 g/mol. The van der Waals surface area contributed by atoms with Crippen LogP contribution in [0, 0.1) is 0 Å². The molecule has 0 atom stereocenters. The van der Waals surface area contributed by atoms with E-state index in [1.54, 1.807) is 17.5 Å². The highest BCUT2D eigenvalue weighted by molar-refractivity contribution is 7.09. The van der Waals surface area contributed by atoms with Crippen molar-refractivity contribution in [2.24, 2.45) is 0 Å². The molecule has 0 aliphatic carbocycles. The fraction of sp³-hybridized carbons (Fsp3) is 0.200. The van der Waals surface area contributed by atoms with Crippen LogP contribution in [-0.4, -0.2) is 10.2 Å². The van der Waals surface area contributed by atoms with E-state index in [4.69, 9.17) is 10.2 Å². The molecule has 1 rings (SSSR count). The Morgan fingerprint density at radius 2 is 2.25 bits per heavy atom. The molecular formula is C5H6O2S. The maximum atomic E-state index is 8.48. The summed E-state index contributed by atoms with van der Waals surface area (Å²) in [5, 5.41) is 18.8. The first-order valence-electron chi connectivity index (χ1n) is 2.20. The Labute approximate surface area is 51.0 Å². The quantitative estimate of drug-likeness (QED) is 0.550. The molecule has 0 spiro atoms. The SMILES string of the molecule is OC(O)c1cccs1. The standard InChI is InChI=1S/C5H6O2S/c6-5(7)4-2-1-3-8-4/h1-3,5-7H. The molecule has 0 aromatic carbocycles. The average Bonchev–Trinajstić information content (AvgIpc) is 2.12. The number of hydrogen-bond donors (Lipinski definition) is 2. The largest absolute Gasteiger partial charge is 0.364 e. The van der Waals surface area contributed by atoms with Gasteiger partial charge in [-0.15, -0.1) is 11.3 Å². The van der Waals surface area contributed by atoms with Crippen molar-refractivity contribution in [1.29, 1.82) is 0 Å². The highest BCUT2D eigenvalue weighted by atomic mass is 32.1. The lowest BCUT2D eigenvalue weighted by molar-refractivity contribution is -0.0395. The summed E-state index contributed by atoms with van der Waals surface area (Å²) in [5.74, 6) is 0. The lowest BCUT2D eigenvalue weighted by atomic mass is 10.5. The van der Waals surface area contributed by atoms with Crippen LogP contribution in [0.1, 0.15) is 11.2 Å². The topological polar surface area (TPSA) is 40.5 Å². The van der Waals surface area contributed by atoms with E-state index in [1.165, 1.54) is 11.3 Å². The molecule has 44 valence electrons. The lowest BCUT2D eigenvalue weighted by Gasteiger charge is -1.94. The molecule has 2 N–H and O–H groups in total. The predicted molar refractivity (Wildman–Crippen MR) is 31.5 cm³/mol. The van der Waals surface area contributed by atoms with E-state index in [2.05, 4.69) is 0 Å². The van der Waals surface area contributed by atoms with Crippen LogP contribution in [0.15, 0.2) is 17.5 Å². The van der Waals surface area contributed by atoms with E-state index in [-0.39, 0.29) is 0 Å². The van der Waals surface area contributed by atoms with Gasteiger partial charge >= 0.3 is 0 Å². The Balaban J connectivity index is 2.77. The second kappa shape index (κ2) is 2.26. The van der Waals surface area contributed by atoms with Crippen LogP contribution >= 0.6 is 11.3 Å². The van der Waals surface area contributed by atoms with Gasteiger partial charge in [0.05, 0.1) is 4.88 Å². The minimum absolute atomic E-state index is 0.588. The highest BCUT2D eigenvalue weighted by Crippen LogP contribution is 2.14.